The van der Waals surface area contributed by atoms with E-state index in [0.717, 1.165) is 4.90 Å². The molecule has 2 fully saturated rings. The summed E-state index contributed by atoms with van der Waals surface area (Å²) >= 11 is 0. The highest BCUT2D eigenvalue weighted by Crippen LogP contribution is 2.37. The molecule has 0 aromatic heterocycles. The molecule has 274 valence electrons. The summed E-state index contributed by atoms with van der Waals surface area (Å²) in [5.74, 6) is -1.19. The predicted molar refractivity (Wildman–Crippen MR) is 170 cm³/mol. The summed E-state index contributed by atoms with van der Waals surface area (Å²) in [4.78, 5) is 27.3. The van der Waals surface area contributed by atoms with E-state index in [1.54, 1.807) is 45.1 Å². The number of rotatable bonds is 9. The van der Waals surface area contributed by atoms with E-state index in [4.69, 9.17) is 14.2 Å². The van der Waals surface area contributed by atoms with Crippen LogP contribution in [0.1, 0.15) is 73.6 Å². The summed E-state index contributed by atoms with van der Waals surface area (Å²) < 4.78 is 56.3. The summed E-state index contributed by atoms with van der Waals surface area (Å²) in [6, 6.07) is 0. The normalized spacial score (nSPS) is 34.1. The number of allylic oxidation sites excluding steroid dienone is 2. The maximum atomic E-state index is 13.0. The van der Waals surface area contributed by atoms with Crippen molar-refractivity contribution in [2.75, 3.05) is 26.2 Å². The molecule has 3 aliphatic rings. The van der Waals surface area contributed by atoms with Crippen LogP contribution in [0.15, 0.2) is 36.0 Å². The van der Waals surface area contributed by atoms with Crippen molar-refractivity contribution in [2.45, 2.75) is 128 Å². The van der Waals surface area contributed by atoms with E-state index in [9.17, 15) is 43.2 Å². The van der Waals surface area contributed by atoms with Crippen molar-refractivity contribution < 1.29 is 57.4 Å². The van der Waals surface area contributed by atoms with Crippen LogP contribution in [0.3, 0.4) is 0 Å². The van der Waals surface area contributed by atoms with Crippen LogP contribution in [0.4, 0.5) is 18.0 Å². The molecule has 48 heavy (non-hydrogen) atoms. The minimum absolute atomic E-state index is 0.0111. The third kappa shape index (κ3) is 11.5. The van der Waals surface area contributed by atoms with Gasteiger partial charge in [0.05, 0.1) is 36.4 Å². The molecule has 4 N–H and O–H groups in total. The minimum Gasteiger partial charge on any atom is -0.457 e. The Morgan fingerprint density at radius 2 is 1.88 bits per heavy atom. The van der Waals surface area contributed by atoms with Gasteiger partial charge >= 0.3 is 18.4 Å². The van der Waals surface area contributed by atoms with E-state index in [1.807, 2.05) is 13.8 Å². The van der Waals surface area contributed by atoms with Gasteiger partial charge in [-0.3, -0.25) is 4.79 Å². The largest absolute Gasteiger partial charge is 0.460 e. The van der Waals surface area contributed by atoms with Gasteiger partial charge in [0.1, 0.15) is 11.7 Å². The molecule has 1 amide bonds. The van der Waals surface area contributed by atoms with Gasteiger partial charge < -0.3 is 39.5 Å². The summed E-state index contributed by atoms with van der Waals surface area (Å²) in [6.07, 6.45) is -0.720. The number of aliphatic hydroxyl groups is 4. The van der Waals surface area contributed by atoms with Crippen LogP contribution in [0.25, 0.3) is 0 Å². The Morgan fingerprint density at radius 3 is 2.48 bits per heavy atom. The lowest BCUT2D eigenvalue weighted by molar-refractivity contribution is -0.251. The number of hydrogen-bond donors (Lipinski definition) is 4. The number of halogens is 3. The Balaban J connectivity index is 1.74. The van der Waals surface area contributed by atoms with E-state index < -0.39 is 73.0 Å². The molecule has 0 aromatic rings. The number of nitrogens with zero attached hydrogens (tertiary/aromatic N) is 2. The topological polar surface area (TPSA) is 153 Å². The fourth-order valence-corrected chi connectivity index (χ4v) is 6.13. The van der Waals surface area contributed by atoms with Gasteiger partial charge in [0, 0.05) is 44.4 Å². The highest BCUT2D eigenvalue weighted by Gasteiger charge is 2.47. The Hall–Kier alpha value is -2.49. The Kier molecular flexibility index (Phi) is 13.7. The van der Waals surface area contributed by atoms with Gasteiger partial charge in [0.2, 0.25) is 0 Å². The molecule has 3 rings (SSSR count). The number of esters is 1. The average Bonchev–Trinajstić information content (AvgIpc) is 3.76. The zero-order chi connectivity index (χ0) is 36.0. The highest BCUT2D eigenvalue weighted by atomic mass is 19.4. The Labute approximate surface area is 281 Å². The third-order valence-electron chi connectivity index (χ3n) is 9.49. The van der Waals surface area contributed by atoms with Gasteiger partial charge in [0.15, 0.2) is 6.10 Å². The SMILES string of the molecule is CCC(O)C(C)C1OC1CC(C)(O)C=CC=C(C)C1OC(=O)CC(O)CCC(C)(O)C(OC(=O)N2CCN(C(F)(F)F)CC2)C=CC1C. The summed E-state index contributed by atoms with van der Waals surface area (Å²) in [5.41, 5.74) is -2.27. The number of amides is 1. The van der Waals surface area contributed by atoms with Crippen LogP contribution in [0, 0.1) is 11.8 Å². The van der Waals surface area contributed by atoms with Crippen LogP contribution in [-0.4, -0.2) is 123 Å². The van der Waals surface area contributed by atoms with E-state index in [-0.39, 0.29) is 50.5 Å². The molecule has 10 atom stereocenters. The zero-order valence-corrected chi connectivity index (χ0v) is 28.7. The van der Waals surface area contributed by atoms with Crippen LogP contribution in [0.2, 0.25) is 0 Å². The van der Waals surface area contributed by atoms with Crippen molar-refractivity contribution in [1.29, 1.82) is 0 Å². The fourth-order valence-electron chi connectivity index (χ4n) is 6.13. The second-order valence-corrected chi connectivity index (χ2v) is 14.0. The van der Waals surface area contributed by atoms with Crippen molar-refractivity contribution in [2.24, 2.45) is 11.8 Å². The second kappa shape index (κ2) is 16.5. The van der Waals surface area contributed by atoms with E-state index in [2.05, 4.69) is 0 Å². The number of epoxide rings is 1. The van der Waals surface area contributed by atoms with Gasteiger partial charge in [-0.2, -0.15) is 13.2 Å². The van der Waals surface area contributed by atoms with Gasteiger partial charge in [-0.05, 0) is 51.7 Å². The number of ether oxygens (including phenoxy) is 3. The van der Waals surface area contributed by atoms with Gasteiger partial charge in [-0.15, -0.1) is 0 Å². The van der Waals surface area contributed by atoms with Crippen molar-refractivity contribution in [3.05, 3.63) is 36.0 Å². The Morgan fingerprint density at radius 1 is 1.23 bits per heavy atom. The van der Waals surface area contributed by atoms with Gasteiger partial charge in [-0.25, -0.2) is 9.69 Å². The van der Waals surface area contributed by atoms with Crippen LogP contribution >= 0.6 is 0 Å². The maximum Gasteiger partial charge on any atom is 0.460 e. The molecule has 11 nitrogen and oxygen atoms in total. The number of hydrogen-bond acceptors (Lipinski definition) is 10. The van der Waals surface area contributed by atoms with E-state index in [1.165, 1.54) is 13.0 Å². The highest BCUT2D eigenvalue weighted by molar-refractivity contribution is 5.70. The zero-order valence-electron chi connectivity index (χ0n) is 28.7. The summed E-state index contributed by atoms with van der Waals surface area (Å²) in [7, 11) is 0. The Bertz CT molecular complexity index is 1180. The molecule has 3 heterocycles. The summed E-state index contributed by atoms with van der Waals surface area (Å²) in [6.45, 7) is 9.18. The lowest BCUT2D eigenvalue weighted by Crippen LogP contribution is -2.54. The first kappa shape index (κ1) is 39.9. The first-order valence-corrected chi connectivity index (χ1v) is 16.7. The molecule has 0 spiro atoms. The van der Waals surface area contributed by atoms with E-state index >= 15 is 0 Å². The minimum atomic E-state index is -4.50. The number of piperazine rings is 1. The monoisotopic (exact) mass is 690 g/mol. The molecule has 10 unspecified atom stereocenters. The van der Waals surface area contributed by atoms with Crippen molar-refractivity contribution in [3.8, 4) is 0 Å². The molecule has 0 bridgehead atoms. The molecule has 0 radical (unpaired) electrons. The van der Waals surface area contributed by atoms with Crippen LogP contribution in [-0.2, 0) is 19.0 Å². The number of aliphatic hydroxyl groups excluding tert-OH is 2. The number of carbonyl (C=O) groups is 2. The molecule has 14 heteroatoms. The smallest absolute Gasteiger partial charge is 0.457 e. The van der Waals surface area contributed by atoms with Gasteiger partial charge in [-0.1, -0.05) is 45.1 Å². The number of cyclic esters (lactones) is 1. The second-order valence-electron chi connectivity index (χ2n) is 14.0. The van der Waals surface area contributed by atoms with Crippen molar-refractivity contribution >= 4 is 12.1 Å². The first-order valence-electron chi connectivity index (χ1n) is 16.7. The van der Waals surface area contributed by atoms with Crippen LogP contribution < -0.4 is 0 Å². The van der Waals surface area contributed by atoms with Crippen molar-refractivity contribution in [1.82, 2.24) is 9.80 Å². The standard InChI is InChI=1S/C34H53F3N2O9/c1-7-25(41)23(4)30-26(46-30)20-32(5,44)13-8-9-21(2)29-22(3)10-11-27(33(6,45)14-12-24(40)19-28(42)48-29)47-31(43)38-15-17-39(18-16-38)34(35,36)37/h8-11,13,22-27,29-30,40-41,44-45H,7,12,14-20H2,1-6H3. The molecule has 2 saturated heterocycles. The first-order chi connectivity index (χ1) is 22.2. The van der Waals surface area contributed by atoms with Crippen molar-refractivity contribution in [3.63, 3.8) is 0 Å². The predicted octanol–water partition coefficient (Wildman–Crippen LogP) is 3.85. The molecule has 0 saturated carbocycles. The summed E-state index contributed by atoms with van der Waals surface area (Å²) in [5, 5.41) is 42.9. The maximum absolute atomic E-state index is 13.0. The van der Waals surface area contributed by atoms with E-state index in [0.29, 0.717) is 23.3 Å². The number of alkyl halides is 3. The van der Waals surface area contributed by atoms with Gasteiger partial charge in [0.25, 0.3) is 0 Å². The molecular formula is C34H53F3N2O9. The average molecular weight is 691 g/mol. The third-order valence-corrected chi connectivity index (χ3v) is 9.49. The molecular weight excluding hydrogens is 637 g/mol. The molecule has 0 aliphatic carbocycles. The molecule has 3 aliphatic heterocycles. The molecule has 0 aromatic carbocycles. The lowest BCUT2D eigenvalue weighted by Gasteiger charge is -2.37. The lowest BCUT2D eigenvalue weighted by atomic mass is 9.88. The number of carbonyl (C=O) groups excluding carboxylic acids is 2. The fraction of sp³-hybridized carbons (Fsp3) is 0.765. The quantitative estimate of drug-likeness (QED) is 0.0924. The van der Waals surface area contributed by atoms with Crippen LogP contribution in [0.5, 0.6) is 0 Å².